The summed E-state index contributed by atoms with van der Waals surface area (Å²) in [5.41, 5.74) is 2.01. The van der Waals surface area contributed by atoms with Crippen molar-refractivity contribution in [3.05, 3.63) is 29.3 Å². The van der Waals surface area contributed by atoms with Crippen LogP contribution < -0.4 is 10.1 Å². The standard InChI is InChI=1S/C15H25NO3S/c1-7-16-14(15(3,4)20(6,17)18)13-9-8-12(19-5)10-11(13)2/h8-10,14,16H,7H2,1-6H3. The average molecular weight is 299 g/mol. The molecule has 0 aliphatic rings. The number of aryl methyl sites for hydroxylation is 1. The van der Waals surface area contributed by atoms with E-state index in [4.69, 9.17) is 4.74 Å². The van der Waals surface area contributed by atoms with Crippen molar-refractivity contribution in [2.75, 3.05) is 19.9 Å². The molecule has 0 amide bonds. The molecular weight excluding hydrogens is 274 g/mol. The summed E-state index contributed by atoms with van der Waals surface area (Å²) < 4.78 is 28.5. The Kier molecular flexibility index (Phi) is 5.21. The maximum atomic E-state index is 12.1. The molecule has 5 heteroatoms. The highest BCUT2D eigenvalue weighted by Gasteiger charge is 2.40. The summed E-state index contributed by atoms with van der Waals surface area (Å²) in [5.74, 6) is 0.777. The van der Waals surface area contributed by atoms with Gasteiger partial charge < -0.3 is 10.1 Å². The lowest BCUT2D eigenvalue weighted by Gasteiger charge is -2.34. The van der Waals surface area contributed by atoms with Crippen molar-refractivity contribution in [1.82, 2.24) is 5.32 Å². The molecule has 1 atom stereocenters. The van der Waals surface area contributed by atoms with Crippen LogP contribution in [-0.2, 0) is 9.84 Å². The summed E-state index contributed by atoms with van der Waals surface area (Å²) in [6.45, 7) is 8.18. The van der Waals surface area contributed by atoms with Crippen molar-refractivity contribution in [1.29, 1.82) is 0 Å². The average Bonchev–Trinajstić information content (AvgIpc) is 2.34. The molecule has 1 aromatic rings. The van der Waals surface area contributed by atoms with E-state index < -0.39 is 14.6 Å². The van der Waals surface area contributed by atoms with E-state index >= 15 is 0 Å². The van der Waals surface area contributed by atoms with Gasteiger partial charge >= 0.3 is 0 Å². The minimum Gasteiger partial charge on any atom is -0.497 e. The fraction of sp³-hybridized carbons (Fsp3) is 0.600. The van der Waals surface area contributed by atoms with Crippen LogP contribution in [0.4, 0.5) is 0 Å². The second kappa shape index (κ2) is 6.14. The lowest BCUT2D eigenvalue weighted by atomic mass is 9.91. The van der Waals surface area contributed by atoms with Gasteiger partial charge in [0.2, 0.25) is 0 Å². The first kappa shape index (κ1) is 17.0. The molecule has 1 N–H and O–H groups in total. The molecule has 20 heavy (non-hydrogen) atoms. The van der Waals surface area contributed by atoms with Crippen molar-refractivity contribution < 1.29 is 13.2 Å². The molecule has 4 nitrogen and oxygen atoms in total. The van der Waals surface area contributed by atoms with Gasteiger partial charge in [-0.2, -0.15) is 0 Å². The largest absolute Gasteiger partial charge is 0.497 e. The molecule has 114 valence electrons. The van der Waals surface area contributed by atoms with Crippen molar-refractivity contribution in [2.24, 2.45) is 0 Å². The molecule has 0 saturated carbocycles. The Bertz CT molecular complexity index is 564. The zero-order valence-electron chi connectivity index (χ0n) is 13.1. The Balaban J connectivity index is 3.35. The lowest BCUT2D eigenvalue weighted by Crippen LogP contribution is -2.45. The van der Waals surface area contributed by atoms with E-state index in [2.05, 4.69) is 5.32 Å². The van der Waals surface area contributed by atoms with Crippen molar-refractivity contribution in [3.63, 3.8) is 0 Å². The minimum atomic E-state index is -3.20. The van der Waals surface area contributed by atoms with Crippen LogP contribution in [0.2, 0.25) is 0 Å². The number of nitrogens with one attached hydrogen (secondary N) is 1. The molecule has 0 aliphatic heterocycles. The van der Waals surface area contributed by atoms with Gasteiger partial charge in [-0.1, -0.05) is 13.0 Å². The zero-order valence-corrected chi connectivity index (χ0v) is 14.0. The van der Waals surface area contributed by atoms with Gasteiger partial charge in [0.25, 0.3) is 0 Å². The maximum Gasteiger partial charge on any atom is 0.154 e. The molecule has 1 rings (SSSR count). The highest BCUT2D eigenvalue weighted by molar-refractivity contribution is 7.92. The molecule has 0 radical (unpaired) electrons. The predicted molar refractivity (Wildman–Crippen MR) is 83.1 cm³/mol. The monoisotopic (exact) mass is 299 g/mol. The van der Waals surface area contributed by atoms with Crippen LogP contribution >= 0.6 is 0 Å². The van der Waals surface area contributed by atoms with Crippen LogP contribution in [0, 0.1) is 6.92 Å². The van der Waals surface area contributed by atoms with Gasteiger partial charge in [-0.25, -0.2) is 8.42 Å². The van der Waals surface area contributed by atoms with Gasteiger partial charge in [0.1, 0.15) is 5.75 Å². The van der Waals surface area contributed by atoms with E-state index in [1.807, 2.05) is 32.0 Å². The van der Waals surface area contributed by atoms with Gasteiger partial charge in [0.05, 0.1) is 17.9 Å². The first-order valence-electron chi connectivity index (χ1n) is 6.72. The van der Waals surface area contributed by atoms with E-state index in [1.165, 1.54) is 6.26 Å². The Morgan fingerprint density at radius 1 is 1.35 bits per heavy atom. The third-order valence-corrected chi connectivity index (χ3v) is 5.99. The Morgan fingerprint density at radius 2 is 1.95 bits per heavy atom. The van der Waals surface area contributed by atoms with Gasteiger partial charge in [-0.3, -0.25) is 0 Å². The van der Waals surface area contributed by atoms with Crippen LogP contribution in [0.15, 0.2) is 18.2 Å². The number of ether oxygens (including phenoxy) is 1. The Hall–Kier alpha value is -1.07. The van der Waals surface area contributed by atoms with Crippen LogP contribution in [0.3, 0.4) is 0 Å². The topological polar surface area (TPSA) is 55.4 Å². The zero-order chi connectivity index (χ0) is 15.6. The van der Waals surface area contributed by atoms with Crippen LogP contribution in [0.25, 0.3) is 0 Å². The maximum absolute atomic E-state index is 12.1. The molecular formula is C15H25NO3S. The first-order valence-corrected chi connectivity index (χ1v) is 8.61. The van der Waals surface area contributed by atoms with Crippen molar-refractivity contribution in [2.45, 2.75) is 38.5 Å². The Labute approximate surface area is 122 Å². The number of methoxy groups -OCH3 is 1. The van der Waals surface area contributed by atoms with E-state index in [0.29, 0.717) is 6.54 Å². The third kappa shape index (κ3) is 3.33. The summed E-state index contributed by atoms with van der Waals surface area (Å²) >= 11 is 0. The van der Waals surface area contributed by atoms with Gasteiger partial charge in [-0.05, 0) is 50.6 Å². The molecule has 0 saturated heterocycles. The quantitative estimate of drug-likeness (QED) is 0.877. The van der Waals surface area contributed by atoms with Crippen molar-refractivity contribution in [3.8, 4) is 5.75 Å². The number of benzene rings is 1. The summed E-state index contributed by atoms with van der Waals surface area (Å²) in [5, 5.41) is 3.30. The molecule has 1 aromatic carbocycles. The second-order valence-corrected chi connectivity index (χ2v) is 8.19. The number of sulfone groups is 1. The minimum absolute atomic E-state index is 0.256. The van der Waals surface area contributed by atoms with E-state index in [0.717, 1.165) is 16.9 Å². The van der Waals surface area contributed by atoms with Gasteiger partial charge in [0.15, 0.2) is 9.84 Å². The summed E-state index contributed by atoms with van der Waals surface area (Å²) in [4.78, 5) is 0. The van der Waals surface area contributed by atoms with Crippen molar-refractivity contribution >= 4 is 9.84 Å². The summed E-state index contributed by atoms with van der Waals surface area (Å²) in [7, 11) is -1.58. The molecule has 1 unspecified atom stereocenters. The van der Waals surface area contributed by atoms with E-state index in [1.54, 1.807) is 21.0 Å². The second-order valence-electron chi connectivity index (χ2n) is 5.59. The number of hydrogen-bond acceptors (Lipinski definition) is 4. The first-order chi connectivity index (χ1) is 9.15. The molecule has 0 bridgehead atoms. The smallest absolute Gasteiger partial charge is 0.154 e. The molecule has 0 heterocycles. The lowest BCUT2D eigenvalue weighted by molar-refractivity contribution is 0.410. The van der Waals surface area contributed by atoms with Gasteiger partial charge in [0, 0.05) is 6.26 Å². The van der Waals surface area contributed by atoms with E-state index in [-0.39, 0.29) is 6.04 Å². The third-order valence-electron chi connectivity index (χ3n) is 3.85. The normalized spacial score (nSPS) is 14.1. The summed E-state index contributed by atoms with van der Waals surface area (Å²) in [6.07, 6.45) is 1.29. The highest BCUT2D eigenvalue weighted by Crippen LogP contribution is 2.34. The molecule has 0 spiro atoms. The molecule has 0 fully saturated rings. The van der Waals surface area contributed by atoms with E-state index in [9.17, 15) is 8.42 Å². The van der Waals surface area contributed by atoms with Gasteiger partial charge in [-0.15, -0.1) is 0 Å². The van der Waals surface area contributed by atoms with Crippen LogP contribution in [0.1, 0.15) is 37.9 Å². The number of hydrogen-bond donors (Lipinski definition) is 1. The fourth-order valence-corrected chi connectivity index (χ4v) is 2.89. The predicted octanol–water partition coefficient (Wildman–Crippen LogP) is 2.48. The highest BCUT2D eigenvalue weighted by atomic mass is 32.2. The number of rotatable bonds is 6. The molecule has 0 aromatic heterocycles. The van der Waals surface area contributed by atoms with Crippen LogP contribution in [-0.4, -0.2) is 33.1 Å². The SMILES string of the molecule is CCNC(c1ccc(OC)cc1C)C(C)(C)S(C)(=O)=O. The summed E-state index contributed by atoms with van der Waals surface area (Å²) in [6, 6.07) is 5.48. The fourth-order valence-electron chi connectivity index (χ4n) is 2.25. The van der Waals surface area contributed by atoms with Crippen LogP contribution in [0.5, 0.6) is 5.75 Å². The molecule has 0 aliphatic carbocycles. The Morgan fingerprint density at radius 3 is 2.35 bits per heavy atom.